The molecule has 0 aromatic heterocycles. The van der Waals surface area contributed by atoms with E-state index in [1.807, 2.05) is 0 Å². The number of rotatable bonds is 0. The van der Waals surface area contributed by atoms with Gasteiger partial charge in [0.15, 0.2) is 0 Å². The molecule has 0 aromatic rings. The van der Waals surface area contributed by atoms with Crippen molar-refractivity contribution in [1.82, 2.24) is 0 Å². The molecule has 9 heavy (non-hydrogen) atoms. The van der Waals surface area contributed by atoms with Gasteiger partial charge < -0.3 is 37.0 Å². The van der Waals surface area contributed by atoms with Crippen molar-refractivity contribution in [2.24, 2.45) is 0 Å². The third-order valence-corrected chi connectivity index (χ3v) is 0. The van der Waals surface area contributed by atoms with Crippen molar-refractivity contribution in [3.05, 3.63) is 0 Å². The van der Waals surface area contributed by atoms with Gasteiger partial charge in [0.2, 0.25) is 0 Å². The van der Waals surface area contributed by atoms with E-state index in [0.29, 0.717) is 0 Å². The molecule has 7 nitrogen and oxygen atoms in total. The Balaban J connectivity index is -0.00000000450. The van der Waals surface area contributed by atoms with Gasteiger partial charge in [0, 0.05) is 0 Å². The summed E-state index contributed by atoms with van der Waals surface area (Å²) in [4.78, 5) is 0. The van der Waals surface area contributed by atoms with Gasteiger partial charge in [-0.15, -0.1) is 0 Å². The standard InChI is InChI=1S/BH3O3.Ca.4H2O.2H/c2-1(3)4;;;;;;;/h2-4H;;4*1H2;;. The number of hydrogen-bond donors (Lipinski definition) is 3. The topological polar surface area (TPSA) is 187 Å². The molecule has 0 rings (SSSR count). The van der Waals surface area contributed by atoms with Gasteiger partial charge in [-0.25, -0.2) is 0 Å². The van der Waals surface area contributed by atoms with Gasteiger partial charge >= 0.3 is 45.1 Å². The molecule has 0 aliphatic heterocycles. The summed E-state index contributed by atoms with van der Waals surface area (Å²) < 4.78 is 0. The van der Waals surface area contributed by atoms with Crippen LogP contribution in [0.2, 0.25) is 0 Å². The first-order valence-corrected chi connectivity index (χ1v) is 0.775. The van der Waals surface area contributed by atoms with Crippen LogP contribution >= 0.6 is 0 Å². The molecule has 0 bridgehead atoms. The second kappa shape index (κ2) is 35.8. The Morgan fingerprint density at radius 2 is 0.667 bits per heavy atom. The van der Waals surface area contributed by atoms with Crippen LogP contribution in [0.25, 0.3) is 0 Å². The van der Waals surface area contributed by atoms with Crippen LogP contribution in [-0.4, -0.2) is 82.0 Å². The summed E-state index contributed by atoms with van der Waals surface area (Å²) in [6.45, 7) is 0. The van der Waals surface area contributed by atoms with Gasteiger partial charge in [-0.2, -0.15) is 0 Å². The molecule has 9 heteroatoms. The molecule has 0 unspecified atom stereocenters. The molecule has 0 aromatic carbocycles. The van der Waals surface area contributed by atoms with E-state index in [0.717, 1.165) is 0 Å². The van der Waals surface area contributed by atoms with Crippen molar-refractivity contribution in [3.63, 3.8) is 0 Å². The predicted molar refractivity (Wildman–Crippen MR) is 35.4 cm³/mol. The molecule has 0 atom stereocenters. The van der Waals surface area contributed by atoms with Gasteiger partial charge in [0.25, 0.3) is 0 Å². The van der Waals surface area contributed by atoms with Crippen molar-refractivity contribution in [2.75, 3.05) is 0 Å². The minimum absolute atomic E-state index is 0. The van der Waals surface area contributed by atoms with Gasteiger partial charge in [0.1, 0.15) is 0 Å². The fourth-order valence-corrected chi connectivity index (χ4v) is 0. The summed E-state index contributed by atoms with van der Waals surface area (Å²) in [5.41, 5.74) is 0. The molecule has 0 saturated carbocycles. The van der Waals surface area contributed by atoms with Crippen LogP contribution in [0.5, 0.6) is 0 Å². The van der Waals surface area contributed by atoms with Crippen LogP contribution in [-0.2, 0) is 0 Å². The molecule has 0 spiro atoms. The van der Waals surface area contributed by atoms with Crippen LogP contribution in [0.15, 0.2) is 0 Å². The van der Waals surface area contributed by atoms with E-state index >= 15 is 0 Å². The molecular weight excluding hydrogens is 163 g/mol. The van der Waals surface area contributed by atoms with E-state index in [1.165, 1.54) is 0 Å². The van der Waals surface area contributed by atoms with Gasteiger partial charge in [-0.3, -0.25) is 0 Å². The second-order valence-electron chi connectivity index (χ2n) is 0.346. The summed E-state index contributed by atoms with van der Waals surface area (Å²) in [7, 11) is -2.17. The first-order chi connectivity index (χ1) is 1.73. The Labute approximate surface area is 81.7 Å². The average Bonchev–Trinajstić information content (AvgIpc) is 0.811. The third-order valence-electron chi connectivity index (χ3n) is 0. The Kier molecular flexibility index (Phi) is 200. The Morgan fingerprint density at radius 1 is 0.667 bits per heavy atom. The summed E-state index contributed by atoms with van der Waals surface area (Å²) in [5, 5.41) is 21.5. The zero-order valence-corrected chi connectivity index (χ0v) is 3.92. The van der Waals surface area contributed by atoms with E-state index in [4.69, 9.17) is 15.1 Å². The molecular formula is H13BCaO7. The fourth-order valence-electron chi connectivity index (χ4n) is 0. The van der Waals surface area contributed by atoms with Crippen LogP contribution in [0.1, 0.15) is 0 Å². The molecule has 0 amide bonds. The molecule has 0 fully saturated rings. The summed E-state index contributed by atoms with van der Waals surface area (Å²) >= 11 is 0. The van der Waals surface area contributed by atoms with Crippen molar-refractivity contribution in [1.29, 1.82) is 0 Å². The molecule has 0 heterocycles. The van der Waals surface area contributed by atoms with Crippen LogP contribution in [0.4, 0.5) is 0 Å². The zero-order chi connectivity index (χ0) is 3.58. The van der Waals surface area contributed by atoms with Crippen LogP contribution < -0.4 is 0 Å². The van der Waals surface area contributed by atoms with E-state index in [9.17, 15) is 0 Å². The van der Waals surface area contributed by atoms with E-state index in [2.05, 4.69) is 0 Å². The minimum atomic E-state index is -2.17. The van der Waals surface area contributed by atoms with E-state index < -0.39 is 7.32 Å². The zero-order valence-electron chi connectivity index (χ0n) is 3.92. The van der Waals surface area contributed by atoms with Crippen LogP contribution in [0, 0.1) is 0 Å². The quantitative estimate of drug-likeness (QED) is 0.310. The Morgan fingerprint density at radius 3 is 0.667 bits per heavy atom. The maximum absolute atomic E-state index is 7.17. The van der Waals surface area contributed by atoms with Gasteiger partial charge in [-0.1, -0.05) is 0 Å². The summed E-state index contributed by atoms with van der Waals surface area (Å²) in [5.74, 6) is 0. The molecule has 0 saturated heterocycles. The average molecular weight is 176 g/mol. The SMILES string of the molecule is O.O.O.O.OB(O)O.[CaH2]. The molecule has 0 aliphatic carbocycles. The maximum atomic E-state index is 7.17. The predicted octanol–water partition coefficient (Wildman–Crippen LogP) is -6.27. The van der Waals surface area contributed by atoms with Crippen molar-refractivity contribution in [2.45, 2.75) is 0 Å². The Bertz CT molecular complexity index is 13.6. The van der Waals surface area contributed by atoms with Gasteiger partial charge in [0.05, 0.1) is 0 Å². The van der Waals surface area contributed by atoms with Crippen molar-refractivity contribution < 1.29 is 37.0 Å². The van der Waals surface area contributed by atoms with Crippen molar-refractivity contribution in [3.8, 4) is 0 Å². The molecule has 11 N–H and O–H groups in total. The normalized spacial score (nSPS) is 3.00. The molecule has 0 radical (unpaired) electrons. The van der Waals surface area contributed by atoms with Crippen LogP contribution in [0.3, 0.4) is 0 Å². The summed E-state index contributed by atoms with van der Waals surface area (Å²) in [6, 6.07) is 0. The van der Waals surface area contributed by atoms with E-state index in [1.54, 1.807) is 0 Å². The first-order valence-electron chi connectivity index (χ1n) is 0.775. The monoisotopic (exact) mass is 176 g/mol. The fraction of sp³-hybridized carbons (Fsp3) is 0. The van der Waals surface area contributed by atoms with E-state index in [-0.39, 0.29) is 59.6 Å². The van der Waals surface area contributed by atoms with Gasteiger partial charge in [-0.05, 0) is 0 Å². The molecule has 0 aliphatic rings. The number of hydrogen-bond acceptors (Lipinski definition) is 3. The Hall–Kier alpha value is 1.04. The summed E-state index contributed by atoms with van der Waals surface area (Å²) in [6.07, 6.45) is 0. The first kappa shape index (κ1) is 50.2. The third kappa shape index (κ3) is 411. The second-order valence-corrected chi connectivity index (χ2v) is 0.346. The molecule has 60 valence electrons. The van der Waals surface area contributed by atoms with Crippen molar-refractivity contribution >= 4 is 45.1 Å².